The number of carbonyl (C=O) groups is 2. The number of hydrogen-bond acceptors (Lipinski definition) is 5. The molecule has 8 nitrogen and oxygen atoms in total. The molecule has 0 fully saturated rings. The highest BCUT2D eigenvalue weighted by atomic mass is 19.4. The summed E-state index contributed by atoms with van der Waals surface area (Å²) in [7, 11) is 0. The molecule has 5 N–H and O–H groups in total. The molecule has 0 saturated carbocycles. The molecular formula is C25H19F9N4O4. The molecule has 2 heterocycles. The highest BCUT2D eigenvalue weighted by Gasteiger charge is 2.39. The fourth-order valence-electron chi connectivity index (χ4n) is 3.11. The number of imidazole rings is 1. The monoisotopic (exact) mass is 610 g/mol. The van der Waals surface area contributed by atoms with Crippen LogP contribution in [0.3, 0.4) is 0 Å². The van der Waals surface area contributed by atoms with Crippen molar-refractivity contribution in [3.63, 3.8) is 0 Å². The van der Waals surface area contributed by atoms with Crippen LogP contribution in [0, 0.1) is 0 Å². The van der Waals surface area contributed by atoms with Gasteiger partial charge in [0.15, 0.2) is 0 Å². The molecule has 0 amide bonds. The number of alkyl halides is 9. The molecular weight excluding hydrogens is 591 g/mol. The fourth-order valence-corrected chi connectivity index (χ4v) is 3.11. The smallest absolute Gasteiger partial charge is 0.475 e. The minimum Gasteiger partial charge on any atom is -0.475 e. The number of pyridine rings is 1. The van der Waals surface area contributed by atoms with Crippen LogP contribution in [-0.2, 0) is 22.2 Å². The first-order valence-electron chi connectivity index (χ1n) is 11.2. The Morgan fingerprint density at radius 1 is 0.786 bits per heavy atom. The van der Waals surface area contributed by atoms with Crippen LogP contribution in [0.1, 0.15) is 23.0 Å². The Morgan fingerprint density at radius 3 is 1.74 bits per heavy atom. The number of aromatic nitrogens is 3. The van der Waals surface area contributed by atoms with Gasteiger partial charge in [-0.3, -0.25) is 4.98 Å². The van der Waals surface area contributed by atoms with E-state index in [0.717, 1.165) is 39.9 Å². The zero-order chi connectivity index (χ0) is 31.9. The van der Waals surface area contributed by atoms with Crippen molar-refractivity contribution in [1.82, 2.24) is 15.0 Å². The number of nitrogens with zero attached hydrogens (tertiary/aromatic N) is 2. The van der Waals surface area contributed by atoms with Crippen molar-refractivity contribution in [1.29, 1.82) is 0 Å². The van der Waals surface area contributed by atoms with Crippen molar-refractivity contribution >= 4 is 23.0 Å². The Balaban J connectivity index is 0.000000367. The van der Waals surface area contributed by atoms with Gasteiger partial charge in [-0.05, 0) is 59.5 Å². The molecule has 1 atom stereocenters. The normalized spacial score (nSPS) is 12.4. The number of aromatic amines is 1. The Hall–Kier alpha value is -4.67. The first-order valence-corrected chi connectivity index (χ1v) is 11.2. The lowest BCUT2D eigenvalue weighted by Gasteiger charge is -2.10. The summed E-state index contributed by atoms with van der Waals surface area (Å²) in [6, 6.07) is 14.3. The Bertz CT molecular complexity index is 1460. The molecule has 0 radical (unpaired) electrons. The molecule has 2 aromatic carbocycles. The van der Waals surface area contributed by atoms with E-state index in [-0.39, 0.29) is 0 Å². The summed E-state index contributed by atoms with van der Waals surface area (Å²) in [5.74, 6) is -4.92. The molecule has 0 unspecified atom stereocenters. The third kappa shape index (κ3) is 10.1. The number of carboxylic acid groups (broad SMARTS) is 2. The van der Waals surface area contributed by atoms with Gasteiger partial charge in [-0.15, -0.1) is 0 Å². The van der Waals surface area contributed by atoms with E-state index < -0.39 is 42.1 Å². The van der Waals surface area contributed by atoms with Crippen molar-refractivity contribution in [2.45, 2.75) is 31.0 Å². The number of nitrogens with two attached hydrogens (primary N) is 1. The summed E-state index contributed by atoms with van der Waals surface area (Å²) < 4.78 is 102. The van der Waals surface area contributed by atoms with Gasteiger partial charge in [0.25, 0.3) is 0 Å². The molecule has 2 aromatic heterocycles. The van der Waals surface area contributed by atoms with Crippen LogP contribution in [0.2, 0.25) is 0 Å². The van der Waals surface area contributed by atoms with Crippen LogP contribution < -0.4 is 5.73 Å². The van der Waals surface area contributed by atoms with Gasteiger partial charge in [0.1, 0.15) is 5.82 Å². The van der Waals surface area contributed by atoms with E-state index >= 15 is 0 Å². The van der Waals surface area contributed by atoms with Gasteiger partial charge in [-0.1, -0.05) is 18.2 Å². The van der Waals surface area contributed by atoms with E-state index in [1.54, 1.807) is 12.4 Å². The number of H-pyrrole nitrogens is 1. The summed E-state index contributed by atoms with van der Waals surface area (Å²) in [5.41, 5.74) is 10.0. The molecule has 226 valence electrons. The molecule has 0 aliphatic heterocycles. The average molecular weight is 610 g/mol. The van der Waals surface area contributed by atoms with Gasteiger partial charge in [0, 0.05) is 12.4 Å². The van der Waals surface area contributed by atoms with Crippen molar-refractivity contribution in [3.8, 4) is 11.1 Å². The van der Waals surface area contributed by atoms with Gasteiger partial charge < -0.3 is 20.9 Å². The van der Waals surface area contributed by atoms with Gasteiger partial charge in [0.2, 0.25) is 0 Å². The number of rotatable bonds is 4. The third-order valence-corrected chi connectivity index (χ3v) is 5.09. The highest BCUT2D eigenvalue weighted by molar-refractivity contribution is 5.82. The van der Waals surface area contributed by atoms with Crippen LogP contribution in [0.5, 0.6) is 0 Å². The zero-order valence-corrected chi connectivity index (χ0v) is 20.7. The summed E-state index contributed by atoms with van der Waals surface area (Å²) in [4.78, 5) is 29.6. The number of halogens is 9. The Labute approximate surface area is 229 Å². The quantitative estimate of drug-likeness (QED) is 0.203. The maximum atomic E-state index is 12.7. The number of aliphatic carboxylic acids is 2. The van der Waals surface area contributed by atoms with E-state index in [1.165, 1.54) is 12.1 Å². The molecule has 4 aromatic rings. The molecule has 17 heteroatoms. The number of benzene rings is 2. The molecule has 0 aliphatic carbocycles. The largest absolute Gasteiger partial charge is 0.490 e. The first-order chi connectivity index (χ1) is 19.3. The lowest BCUT2D eigenvalue weighted by atomic mass is 10.0. The van der Waals surface area contributed by atoms with E-state index in [9.17, 15) is 39.5 Å². The minimum absolute atomic E-state index is 0.384. The van der Waals surface area contributed by atoms with Crippen LogP contribution in [0.15, 0.2) is 67.0 Å². The van der Waals surface area contributed by atoms with Crippen molar-refractivity contribution in [2.24, 2.45) is 5.73 Å². The van der Waals surface area contributed by atoms with Crippen molar-refractivity contribution < 1.29 is 59.3 Å². The van der Waals surface area contributed by atoms with E-state index in [1.807, 2.05) is 30.3 Å². The number of carboxylic acids is 2. The molecule has 0 saturated heterocycles. The Kier molecular flexibility index (Phi) is 10.6. The second kappa shape index (κ2) is 13.3. The van der Waals surface area contributed by atoms with Crippen LogP contribution in [0.25, 0.3) is 22.2 Å². The van der Waals surface area contributed by atoms with Crippen LogP contribution in [0.4, 0.5) is 39.5 Å². The number of hydrogen-bond donors (Lipinski definition) is 4. The summed E-state index contributed by atoms with van der Waals surface area (Å²) >= 11 is 0. The Morgan fingerprint density at radius 2 is 1.29 bits per heavy atom. The maximum absolute atomic E-state index is 12.7. The topological polar surface area (TPSA) is 142 Å². The van der Waals surface area contributed by atoms with Gasteiger partial charge in [-0.2, -0.15) is 39.5 Å². The summed E-state index contributed by atoms with van der Waals surface area (Å²) in [6.07, 6.45) is -10.7. The van der Waals surface area contributed by atoms with E-state index in [0.29, 0.717) is 12.2 Å². The second-order valence-electron chi connectivity index (χ2n) is 8.20. The van der Waals surface area contributed by atoms with Crippen LogP contribution >= 0.6 is 0 Å². The standard InChI is InChI=1S/C21H17F3N4.2C2HF3O2/c22-21(23,24)16-4-1-13(2-5-16)11-17(25)20-27-18-6-3-15(12-19(18)28-20)14-7-9-26-10-8-14;2*3-2(4,5)1(6)7/h1-10,12,17H,11,25H2,(H,27,28);2*(H,6,7)/t17-;;/m1../s1. The maximum Gasteiger partial charge on any atom is 0.490 e. The van der Waals surface area contributed by atoms with Gasteiger partial charge in [0.05, 0.1) is 22.6 Å². The fraction of sp³-hybridized carbons (Fsp3) is 0.200. The summed E-state index contributed by atoms with van der Waals surface area (Å²) in [5, 5.41) is 14.2. The highest BCUT2D eigenvalue weighted by Crippen LogP contribution is 2.30. The van der Waals surface area contributed by atoms with Crippen molar-refractivity contribution in [2.75, 3.05) is 0 Å². The molecule has 0 aliphatic rings. The summed E-state index contributed by atoms with van der Waals surface area (Å²) in [6.45, 7) is 0. The van der Waals surface area contributed by atoms with Gasteiger partial charge in [-0.25, -0.2) is 14.6 Å². The molecule has 4 rings (SSSR count). The lowest BCUT2D eigenvalue weighted by molar-refractivity contribution is -0.193. The van der Waals surface area contributed by atoms with Gasteiger partial charge >= 0.3 is 30.5 Å². The molecule has 42 heavy (non-hydrogen) atoms. The van der Waals surface area contributed by atoms with E-state index in [4.69, 9.17) is 25.5 Å². The first kappa shape index (κ1) is 33.5. The molecule has 0 bridgehead atoms. The predicted octanol–water partition coefficient (Wildman–Crippen LogP) is 6.15. The predicted molar refractivity (Wildman–Crippen MR) is 129 cm³/mol. The number of fused-ring (bicyclic) bond motifs is 1. The van der Waals surface area contributed by atoms with E-state index in [2.05, 4.69) is 15.0 Å². The average Bonchev–Trinajstić information content (AvgIpc) is 3.32. The molecule has 0 spiro atoms. The van der Waals surface area contributed by atoms with Crippen LogP contribution in [-0.4, -0.2) is 49.5 Å². The number of nitrogens with one attached hydrogen (secondary N) is 1. The zero-order valence-electron chi connectivity index (χ0n) is 20.7. The second-order valence-corrected chi connectivity index (χ2v) is 8.20. The lowest BCUT2D eigenvalue weighted by Crippen LogP contribution is -2.21. The SMILES string of the molecule is N[C@H](Cc1ccc(C(F)(F)F)cc1)c1nc2ccc(-c3ccncc3)cc2[nH]1.O=C(O)C(F)(F)F.O=C(O)C(F)(F)F. The minimum atomic E-state index is -5.08. The third-order valence-electron chi connectivity index (χ3n) is 5.09. The van der Waals surface area contributed by atoms with Crippen molar-refractivity contribution in [3.05, 3.63) is 83.9 Å².